The SMILES string of the molecule is CC(NCCCN1CCCC1)c1ccc2c(c1)CCO2. The highest BCUT2D eigenvalue weighted by atomic mass is 16.5. The van der Waals surface area contributed by atoms with Crippen molar-refractivity contribution in [2.75, 3.05) is 32.8 Å². The Morgan fingerprint density at radius 3 is 3.00 bits per heavy atom. The van der Waals surface area contributed by atoms with Gasteiger partial charge in [-0.05, 0) is 69.6 Å². The number of rotatable bonds is 6. The summed E-state index contributed by atoms with van der Waals surface area (Å²) in [7, 11) is 0. The van der Waals surface area contributed by atoms with E-state index in [0.717, 1.165) is 25.3 Å². The largest absolute Gasteiger partial charge is 0.493 e. The molecule has 20 heavy (non-hydrogen) atoms. The maximum absolute atomic E-state index is 5.56. The van der Waals surface area contributed by atoms with Crippen LogP contribution in [-0.2, 0) is 6.42 Å². The number of benzene rings is 1. The Balaban J connectivity index is 1.43. The Hall–Kier alpha value is -1.06. The van der Waals surface area contributed by atoms with E-state index >= 15 is 0 Å². The van der Waals surface area contributed by atoms with E-state index in [0.29, 0.717) is 6.04 Å². The minimum atomic E-state index is 0.430. The molecule has 1 aromatic carbocycles. The summed E-state index contributed by atoms with van der Waals surface area (Å²) >= 11 is 0. The minimum absolute atomic E-state index is 0.430. The van der Waals surface area contributed by atoms with E-state index in [2.05, 4.69) is 35.3 Å². The number of likely N-dealkylation sites (tertiary alicyclic amines) is 1. The van der Waals surface area contributed by atoms with E-state index in [1.807, 2.05) is 0 Å². The Morgan fingerprint density at radius 2 is 2.15 bits per heavy atom. The molecule has 3 nitrogen and oxygen atoms in total. The van der Waals surface area contributed by atoms with Crippen LogP contribution in [0.25, 0.3) is 0 Å². The molecule has 1 aromatic rings. The molecule has 0 saturated carbocycles. The highest BCUT2D eigenvalue weighted by molar-refractivity contribution is 5.40. The summed E-state index contributed by atoms with van der Waals surface area (Å²) in [4.78, 5) is 2.58. The first-order valence-corrected chi connectivity index (χ1v) is 8.04. The summed E-state index contributed by atoms with van der Waals surface area (Å²) in [5.41, 5.74) is 2.75. The van der Waals surface area contributed by atoms with Crippen molar-refractivity contribution in [3.05, 3.63) is 29.3 Å². The molecule has 0 radical (unpaired) electrons. The lowest BCUT2D eigenvalue weighted by atomic mass is 10.0. The Labute approximate surface area is 122 Å². The van der Waals surface area contributed by atoms with Gasteiger partial charge in [-0.15, -0.1) is 0 Å². The van der Waals surface area contributed by atoms with Crippen molar-refractivity contribution < 1.29 is 4.74 Å². The molecular formula is C17H26N2O. The smallest absolute Gasteiger partial charge is 0.122 e. The molecule has 2 aliphatic heterocycles. The van der Waals surface area contributed by atoms with Crippen molar-refractivity contribution in [1.82, 2.24) is 10.2 Å². The van der Waals surface area contributed by atoms with Gasteiger partial charge in [0.25, 0.3) is 0 Å². The van der Waals surface area contributed by atoms with Gasteiger partial charge in [0, 0.05) is 12.5 Å². The maximum Gasteiger partial charge on any atom is 0.122 e. The summed E-state index contributed by atoms with van der Waals surface area (Å²) in [5.74, 6) is 1.08. The zero-order valence-corrected chi connectivity index (χ0v) is 12.5. The molecule has 110 valence electrons. The van der Waals surface area contributed by atoms with Crippen LogP contribution in [0.4, 0.5) is 0 Å². The third-order valence-electron chi connectivity index (χ3n) is 4.51. The van der Waals surface area contributed by atoms with Gasteiger partial charge in [-0.3, -0.25) is 0 Å². The monoisotopic (exact) mass is 274 g/mol. The van der Waals surface area contributed by atoms with Gasteiger partial charge in [0.1, 0.15) is 5.75 Å². The standard InChI is InChI=1S/C17H26N2O/c1-14(18-8-4-11-19-9-2-3-10-19)15-5-6-17-16(13-15)7-12-20-17/h5-6,13-14,18H,2-4,7-12H2,1H3. The zero-order chi connectivity index (χ0) is 13.8. The van der Waals surface area contributed by atoms with E-state index in [9.17, 15) is 0 Å². The predicted octanol–water partition coefficient (Wildman–Crippen LogP) is 2.76. The first-order valence-electron chi connectivity index (χ1n) is 8.04. The molecule has 2 aliphatic rings. The molecule has 2 heterocycles. The second-order valence-electron chi connectivity index (χ2n) is 6.04. The van der Waals surface area contributed by atoms with Crippen molar-refractivity contribution in [3.63, 3.8) is 0 Å². The van der Waals surface area contributed by atoms with Crippen LogP contribution in [-0.4, -0.2) is 37.7 Å². The highest BCUT2D eigenvalue weighted by Gasteiger charge is 2.14. The molecule has 0 aromatic heterocycles. The fourth-order valence-electron chi connectivity index (χ4n) is 3.22. The molecule has 1 atom stereocenters. The molecule has 1 saturated heterocycles. The van der Waals surface area contributed by atoms with Crippen molar-refractivity contribution >= 4 is 0 Å². The van der Waals surface area contributed by atoms with E-state index in [1.54, 1.807) is 0 Å². The van der Waals surface area contributed by atoms with E-state index < -0.39 is 0 Å². The van der Waals surface area contributed by atoms with Crippen molar-refractivity contribution in [3.8, 4) is 5.75 Å². The van der Waals surface area contributed by atoms with Crippen LogP contribution >= 0.6 is 0 Å². The molecule has 0 bridgehead atoms. The van der Waals surface area contributed by atoms with Crippen LogP contribution in [0.15, 0.2) is 18.2 Å². The van der Waals surface area contributed by atoms with E-state index in [-0.39, 0.29) is 0 Å². The summed E-state index contributed by atoms with van der Waals surface area (Å²) in [5, 5.41) is 3.65. The lowest BCUT2D eigenvalue weighted by Crippen LogP contribution is -2.26. The molecule has 0 amide bonds. The van der Waals surface area contributed by atoms with Crippen LogP contribution in [0.5, 0.6) is 5.75 Å². The zero-order valence-electron chi connectivity index (χ0n) is 12.5. The van der Waals surface area contributed by atoms with Crippen molar-refractivity contribution in [2.45, 2.75) is 38.6 Å². The average molecular weight is 274 g/mol. The molecule has 0 aliphatic carbocycles. The van der Waals surface area contributed by atoms with E-state index in [4.69, 9.17) is 4.74 Å². The third-order valence-corrected chi connectivity index (χ3v) is 4.51. The lowest BCUT2D eigenvalue weighted by molar-refractivity contribution is 0.328. The summed E-state index contributed by atoms with van der Waals surface area (Å²) in [6, 6.07) is 7.06. The van der Waals surface area contributed by atoms with Crippen LogP contribution in [0, 0.1) is 0 Å². The number of hydrogen-bond acceptors (Lipinski definition) is 3. The van der Waals surface area contributed by atoms with E-state index in [1.165, 1.54) is 50.0 Å². The van der Waals surface area contributed by atoms with Gasteiger partial charge in [-0.25, -0.2) is 0 Å². The second-order valence-corrected chi connectivity index (χ2v) is 6.04. The Bertz CT molecular complexity index is 441. The fourth-order valence-corrected chi connectivity index (χ4v) is 3.22. The molecule has 1 N–H and O–H groups in total. The lowest BCUT2D eigenvalue weighted by Gasteiger charge is -2.17. The Morgan fingerprint density at radius 1 is 1.30 bits per heavy atom. The normalized spacial score (nSPS) is 19.9. The predicted molar refractivity (Wildman–Crippen MR) is 82.3 cm³/mol. The van der Waals surface area contributed by atoms with Gasteiger partial charge >= 0.3 is 0 Å². The van der Waals surface area contributed by atoms with Gasteiger partial charge in [-0.2, -0.15) is 0 Å². The molecule has 3 rings (SSSR count). The number of ether oxygens (including phenoxy) is 1. The average Bonchev–Trinajstić information content (AvgIpc) is 3.13. The fraction of sp³-hybridized carbons (Fsp3) is 0.647. The first kappa shape index (κ1) is 13.9. The van der Waals surface area contributed by atoms with Crippen LogP contribution < -0.4 is 10.1 Å². The second kappa shape index (κ2) is 6.59. The van der Waals surface area contributed by atoms with Gasteiger partial charge < -0.3 is 15.0 Å². The molecule has 1 fully saturated rings. The molecule has 0 spiro atoms. The quantitative estimate of drug-likeness (QED) is 0.807. The molecule has 3 heteroatoms. The topological polar surface area (TPSA) is 24.5 Å². The Kier molecular flexibility index (Phi) is 4.58. The summed E-state index contributed by atoms with van der Waals surface area (Å²) < 4.78 is 5.56. The van der Waals surface area contributed by atoms with Crippen LogP contribution in [0.2, 0.25) is 0 Å². The minimum Gasteiger partial charge on any atom is -0.493 e. The third kappa shape index (κ3) is 3.33. The first-order chi connectivity index (χ1) is 9.83. The molecule has 1 unspecified atom stereocenters. The number of nitrogens with one attached hydrogen (secondary N) is 1. The number of fused-ring (bicyclic) bond motifs is 1. The van der Waals surface area contributed by atoms with Crippen molar-refractivity contribution in [1.29, 1.82) is 0 Å². The summed E-state index contributed by atoms with van der Waals surface area (Å²) in [6.45, 7) is 8.06. The van der Waals surface area contributed by atoms with Gasteiger partial charge in [0.15, 0.2) is 0 Å². The van der Waals surface area contributed by atoms with Gasteiger partial charge in [0.05, 0.1) is 6.61 Å². The van der Waals surface area contributed by atoms with Crippen LogP contribution in [0.3, 0.4) is 0 Å². The number of nitrogens with zero attached hydrogens (tertiary/aromatic N) is 1. The highest BCUT2D eigenvalue weighted by Crippen LogP contribution is 2.28. The van der Waals surface area contributed by atoms with Gasteiger partial charge in [0.2, 0.25) is 0 Å². The van der Waals surface area contributed by atoms with Crippen LogP contribution in [0.1, 0.15) is 43.4 Å². The van der Waals surface area contributed by atoms with Crippen molar-refractivity contribution in [2.24, 2.45) is 0 Å². The van der Waals surface area contributed by atoms with Gasteiger partial charge in [-0.1, -0.05) is 12.1 Å². The summed E-state index contributed by atoms with van der Waals surface area (Å²) in [6.07, 6.45) is 5.09. The molecular weight excluding hydrogens is 248 g/mol. The maximum atomic E-state index is 5.56. The number of hydrogen-bond donors (Lipinski definition) is 1.